The summed E-state index contributed by atoms with van der Waals surface area (Å²) in [5.41, 5.74) is 0. The number of phosphoric acid groups is 1. The Morgan fingerprint density at radius 3 is 0.923 bits per heavy atom. The van der Waals surface area contributed by atoms with Crippen molar-refractivity contribution in [2.45, 2.75) is 0 Å². The molecule has 0 aromatic heterocycles. The molecule has 0 aliphatic heterocycles. The summed E-state index contributed by atoms with van der Waals surface area (Å²) in [6, 6.07) is 0. The van der Waals surface area contributed by atoms with Crippen molar-refractivity contribution in [1.29, 1.82) is 0 Å². The van der Waals surface area contributed by atoms with E-state index >= 15 is 0 Å². The van der Waals surface area contributed by atoms with E-state index in [1.807, 2.05) is 0 Å². The van der Waals surface area contributed by atoms with Crippen LogP contribution in [0.15, 0.2) is 0 Å². The molecule has 0 aliphatic carbocycles. The van der Waals surface area contributed by atoms with Gasteiger partial charge < -0.3 is 39.3 Å². The van der Waals surface area contributed by atoms with Gasteiger partial charge in [0.1, 0.15) is 0 Å². The van der Waals surface area contributed by atoms with E-state index in [4.69, 9.17) is 38.4 Å². The summed E-state index contributed by atoms with van der Waals surface area (Å²) in [4.78, 5) is 50.9. The molecule has 13 heavy (non-hydrogen) atoms. The van der Waals surface area contributed by atoms with Gasteiger partial charge in [0.05, 0.1) is 0 Å². The molecule has 9 nitrogen and oxygen atoms in total. The Kier molecular flexibility index (Phi) is 25.6. The molecule has 13 heteroatoms. The van der Waals surface area contributed by atoms with Crippen LogP contribution in [0.1, 0.15) is 0 Å². The van der Waals surface area contributed by atoms with Gasteiger partial charge in [-0.25, -0.2) is 4.57 Å². The molecule has 0 radical (unpaired) electrons. The first-order chi connectivity index (χ1) is 4.00. The molecule has 0 fully saturated rings. The molecule has 0 aliphatic rings. The van der Waals surface area contributed by atoms with Crippen LogP contribution in [0.5, 0.6) is 0 Å². The van der Waals surface area contributed by atoms with E-state index < -0.39 is 16.9 Å². The fourth-order valence-electron chi connectivity index (χ4n) is 0. The van der Waals surface area contributed by atoms with Crippen molar-refractivity contribution < 1.29 is 63.4 Å². The Bertz CT molecular complexity index is 112. The average Bonchev–Trinajstić information content (AvgIpc) is 1.12. The Morgan fingerprint density at radius 1 is 0.923 bits per heavy atom. The molecule has 9 N–H and O–H groups in total. The second-order valence-corrected chi connectivity index (χ2v) is 3.34. The molecule has 0 spiro atoms. The van der Waals surface area contributed by atoms with Gasteiger partial charge in [-0.1, -0.05) is 0 Å². The van der Waals surface area contributed by atoms with Crippen LogP contribution in [-0.2, 0) is 24.0 Å². The van der Waals surface area contributed by atoms with Gasteiger partial charge in [-0.2, -0.15) is 0 Å². The summed E-state index contributed by atoms with van der Waals surface area (Å²) in [6.07, 6.45) is 0. The minimum atomic E-state index is -4.64. The van der Waals surface area contributed by atoms with Crippen molar-refractivity contribution in [2.24, 2.45) is 0 Å². The van der Waals surface area contributed by atoms with Crippen molar-refractivity contribution in [3.05, 3.63) is 0 Å². The molecular weight excluding hydrogens is 295 g/mol. The third kappa shape index (κ3) is 1030. The van der Waals surface area contributed by atoms with Crippen LogP contribution >= 0.6 is 7.82 Å². The van der Waals surface area contributed by atoms with Crippen molar-refractivity contribution in [3.8, 4) is 0 Å². The largest absolute Gasteiger partial charge is 0.668 e. The van der Waals surface area contributed by atoms with Crippen LogP contribution in [0.3, 0.4) is 0 Å². The average molecular weight is 308 g/mol. The zero-order chi connectivity index (χ0) is 9.00. The molecule has 0 atom stereocenters. The smallest absolute Gasteiger partial charge is 0.412 e. The molecule has 80 valence electrons. The van der Waals surface area contributed by atoms with Crippen molar-refractivity contribution >= 4 is 34.2 Å². The molecule has 0 saturated carbocycles. The van der Waals surface area contributed by atoms with E-state index in [1.54, 1.807) is 0 Å². The van der Waals surface area contributed by atoms with Gasteiger partial charge in [0, 0.05) is 19.5 Å². The van der Waals surface area contributed by atoms with Crippen LogP contribution in [0.4, 0.5) is 0 Å². The molecule has 0 amide bonds. The normalized spacial score (nSPS) is 9.15. The second-order valence-electron chi connectivity index (χ2n) is 1.11. The third-order valence-corrected chi connectivity index (χ3v) is 0. The number of rotatable bonds is 0. The van der Waals surface area contributed by atoms with Crippen LogP contribution in [0.2, 0.25) is 0 Å². The molecular formula is H12AlO9PSiZn. The first-order valence-electron chi connectivity index (χ1n) is 1.68. The minimum Gasteiger partial charge on any atom is -0.412 e. The third-order valence-electron chi connectivity index (χ3n) is 0. The van der Waals surface area contributed by atoms with Crippen molar-refractivity contribution in [3.63, 3.8) is 0 Å². The van der Waals surface area contributed by atoms with E-state index in [9.17, 15) is 0 Å². The first kappa shape index (κ1) is 29.2. The Balaban J connectivity index is -0.0000000267. The Hall–Kier alpha value is 1.28. The van der Waals surface area contributed by atoms with Gasteiger partial charge in [0.2, 0.25) is 0 Å². The maximum Gasteiger partial charge on any atom is 0.668 e. The van der Waals surface area contributed by atoms with Gasteiger partial charge >= 0.3 is 16.9 Å². The van der Waals surface area contributed by atoms with Crippen LogP contribution in [0.25, 0.3) is 0 Å². The predicted octanol–water partition coefficient (Wildman–Crippen LogP) is -5.55. The molecule has 0 unspecified atom stereocenters. The molecule has 0 aromatic carbocycles. The van der Waals surface area contributed by atoms with Crippen molar-refractivity contribution in [1.82, 2.24) is 0 Å². The monoisotopic (exact) mass is 306 g/mol. The first-order valence-corrected chi connectivity index (χ1v) is 5.03. The maximum absolute atomic E-state index is 8.88. The van der Waals surface area contributed by atoms with E-state index in [0.29, 0.717) is 0 Å². The summed E-state index contributed by atoms with van der Waals surface area (Å²) in [5.74, 6) is 0. The van der Waals surface area contributed by atoms with Gasteiger partial charge in [0.25, 0.3) is 0 Å². The maximum atomic E-state index is 8.88. The fraction of sp³-hybridized carbons (Fsp3) is 0. The second kappa shape index (κ2) is 11.4. The number of hydrogen-bond acceptors (Lipinski definition) is 5. The molecule has 0 heterocycles. The van der Waals surface area contributed by atoms with E-state index in [-0.39, 0.29) is 42.3 Å². The predicted molar refractivity (Wildman–Crippen MR) is 42.4 cm³/mol. The SMILES string of the molecule is O.O=P(O)(O)O.O[Si](O)(O)O.[AlH3].[Zn]. The summed E-state index contributed by atoms with van der Waals surface area (Å²) in [7, 11) is -9.25. The van der Waals surface area contributed by atoms with E-state index in [0.717, 1.165) is 0 Å². The molecule has 0 aromatic rings. The topological polar surface area (TPSA) is 190 Å². The van der Waals surface area contributed by atoms with Gasteiger partial charge in [-0.05, 0) is 0 Å². The van der Waals surface area contributed by atoms with Crippen LogP contribution in [-0.4, -0.2) is 65.7 Å². The minimum absolute atomic E-state index is 0. The zero-order valence-corrected chi connectivity index (χ0v) is 10.6. The van der Waals surface area contributed by atoms with Gasteiger partial charge in [0.15, 0.2) is 17.4 Å². The van der Waals surface area contributed by atoms with Crippen molar-refractivity contribution in [2.75, 3.05) is 0 Å². The summed E-state index contributed by atoms with van der Waals surface area (Å²) < 4.78 is 8.88. The van der Waals surface area contributed by atoms with Gasteiger partial charge in [-0.3, -0.25) is 0 Å². The van der Waals surface area contributed by atoms with Crippen LogP contribution in [0, 0.1) is 0 Å². The van der Waals surface area contributed by atoms with E-state index in [1.165, 1.54) is 0 Å². The molecule has 0 bridgehead atoms. The Labute approximate surface area is 97.6 Å². The summed E-state index contributed by atoms with van der Waals surface area (Å²) in [5, 5.41) is 0. The summed E-state index contributed by atoms with van der Waals surface area (Å²) in [6.45, 7) is 0. The quantitative estimate of drug-likeness (QED) is 0.170. The Morgan fingerprint density at radius 2 is 0.923 bits per heavy atom. The molecule has 0 rings (SSSR count). The van der Waals surface area contributed by atoms with Gasteiger partial charge in [-0.15, -0.1) is 0 Å². The molecule has 0 saturated heterocycles. The van der Waals surface area contributed by atoms with E-state index in [2.05, 4.69) is 0 Å². The fourth-order valence-corrected chi connectivity index (χ4v) is 0. The summed E-state index contributed by atoms with van der Waals surface area (Å²) >= 11 is 0. The van der Waals surface area contributed by atoms with Crippen LogP contribution < -0.4 is 0 Å². The zero-order valence-electron chi connectivity index (χ0n) is 5.69. The standard InChI is InChI=1S/Al.H3O4P.H4O4Si.H2O.Zn.3H/c;2*1-5(2,3)4;;;;;/h;(H3,1,2,3,4);1-4H;1H2;;;;. The number of hydrogen-bond donors (Lipinski definition) is 7.